The van der Waals surface area contributed by atoms with Crippen LogP contribution in [0.5, 0.6) is 0 Å². The van der Waals surface area contributed by atoms with Crippen molar-refractivity contribution in [2.45, 2.75) is 96.1 Å². The minimum Gasteiger partial charge on any atom is -0.238 e. The third kappa shape index (κ3) is 3.29. The van der Waals surface area contributed by atoms with Gasteiger partial charge in [0.15, 0.2) is 0 Å². The quantitative estimate of drug-likeness (QED) is 0.419. The number of rotatable bonds is 7. The molecule has 5 rings (SSSR count). The number of benzene rings is 1. The van der Waals surface area contributed by atoms with E-state index in [-0.39, 0.29) is 11.3 Å². The summed E-state index contributed by atoms with van der Waals surface area (Å²) in [6.07, 6.45) is 21.4. The number of allylic oxidation sites excluding steroid dienone is 4. The average Bonchev–Trinajstić information content (AvgIpc) is 2.75. The van der Waals surface area contributed by atoms with Gasteiger partial charge in [-0.05, 0) is 74.0 Å². The summed E-state index contributed by atoms with van der Waals surface area (Å²) >= 11 is 0. The van der Waals surface area contributed by atoms with Crippen LogP contribution in [0.2, 0.25) is 0 Å². The van der Waals surface area contributed by atoms with E-state index >= 15 is 4.39 Å². The Kier molecular flexibility index (Phi) is 5.55. The zero-order chi connectivity index (χ0) is 19.7. The Morgan fingerprint density at radius 2 is 1.57 bits per heavy atom. The fourth-order valence-corrected chi connectivity index (χ4v) is 6.40. The van der Waals surface area contributed by atoms with Crippen molar-refractivity contribution in [1.82, 2.24) is 0 Å². The van der Waals surface area contributed by atoms with E-state index in [9.17, 15) is 0 Å². The molecule has 1 heteroatoms. The second kappa shape index (κ2) is 7.81. The number of halogens is 1. The highest BCUT2D eigenvalue weighted by molar-refractivity contribution is 5.39. The second-order valence-corrected chi connectivity index (χ2v) is 9.82. The first-order chi connectivity index (χ1) is 13.6. The summed E-state index contributed by atoms with van der Waals surface area (Å²) < 4.78 is 17.0. The van der Waals surface area contributed by atoms with E-state index in [1.54, 1.807) is 0 Å². The van der Waals surface area contributed by atoms with Crippen molar-refractivity contribution in [2.24, 2.45) is 10.8 Å². The van der Waals surface area contributed by atoms with Crippen molar-refractivity contribution >= 4 is 0 Å². The second-order valence-electron chi connectivity index (χ2n) is 9.82. The van der Waals surface area contributed by atoms with Gasteiger partial charge >= 0.3 is 0 Å². The Bertz CT molecular complexity index is 701. The van der Waals surface area contributed by atoms with Crippen LogP contribution in [0, 0.1) is 10.8 Å². The largest absolute Gasteiger partial charge is 0.238 e. The Morgan fingerprint density at radius 1 is 0.893 bits per heavy atom. The highest BCUT2D eigenvalue weighted by Crippen LogP contribution is 2.66. The van der Waals surface area contributed by atoms with Crippen LogP contribution in [0.1, 0.15) is 95.1 Å². The van der Waals surface area contributed by atoms with Crippen LogP contribution >= 0.6 is 0 Å². The lowest BCUT2D eigenvalue weighted by molar-refractivity contribution is -0.101. The normalized spacial score (nSPS) is 36.8. The van der Waals surface area contributed by atoms with Gasteiger partial charge in [-0.15, -0.1) is 0 Å². The van der Waals surface area contributed by atoms with E-state index in [4.69, 9.17) is 0 Å². The molecule has 2 bridgehead atoms. The van der Waals surface area contributed by atoms with Crippen LogP contribution in [-0.2, 0) is 6.42 Å². The minimum atomic E-state index is -1.24. The van der Waals surface area contributed by atoms with E-state index < -0.39 is 5.67 Å². The van der Waals surface area contributed by atoms with E-state index in [0.29, 0.717) is 5.41 Å². The molecule has 0 radical (unpaired) electrons. The van der Waals surface area contributed by atoms with Crippen molar-refractivity contribution in [3.05, 3.63) is 59.7 Å². The van der Waals surface area contributed by atoms with Gasteiger partial charge in [0.2, 0.25) is 0 Å². The standard InChI is InChI=1S/C27H37F/c1-3-5-7-14-25-16-19-26(20-17-25,21-18-25)27(28)15-8-6-9-24(27)23-12-10-22(4-2)11-13-23/h6,8-13,15,24H,3-5,7,14,16-21H2,1-2H3. The molecule has 4 aliphatic carbocycles. The molecule has 4 aliphatic rings. The predicted molar refractivity (Wildman–Crippen MR) is 117 cm³/mol. The molecule has 0 spiro atoms. The summed E-state index contributed by atoms with van der Waals surface area (Å²) in [6.45, 7) is 4.46. The maximum atomic E-state index is 17.0. The minimum absolute atomic E-state index is 0.144. The first kappa shape index (κ1) is 19.9. The van der Waals surface area contributed by atoms with Gasteiger partial charge in [-0.2, -0.15) is 0 Å². The van der Waals surface area contributed by atoms with Crippen LogP contribution < -0.4 is 0 Å². The average molecular weight is 381 g/mol. The molecule has 3 fully saturated rings. The molecule has 2 unspecified atom stereocenters. The van der Waals surface area contributed by atoms with Crippen LogP contribution in [-0.4, -0.2) is 5.67 Å². The van der Waals surface area contributed by atoms with Crippen LogP contribution in [0.15, 0.2) is 48.6 Å². The molecule has 3 saturated carbocycles. The number of aryl methyl sites for hydroxylation is 1. The lowest BCUT2D eigenvalue weighted by atomic mass is 9.46. The molecule has 0 saturated heterocycles. The third-order valence-corrected chi connectivity index (χ3v) is 8.48. The van der Waals surface area contributed by atoms with E-state index in [2.05, 4.69) is 44.2 Å². The Hall–Kier alpha value is -1.37. The molecule has 0 nitrogen and oxygen atoms in total. The maximum absolute atomic E-state index is 17.0. The summed E-state index contributed by atoms with van der Waals surface area (Å²) in [6, 6.07) is 8.69. The van der Waals surface area contributed by atoms with Gasteiger partial charge in [0.05, 0.1) is 0 Å². The van der Waals surface area contributed by atoms with Crippen molar-refractivity contribution < 1.29 is 4.39 Å². The van der Waals surface area contributed by atoms with Gasteiger partial charge < -0.3 is 0 Å². The zero-order valence-electron chi connectivity index (χ0n) is 17.9. The van der Waals surface area contributed by atoms with Gasteiger partial charge in [0, 0.05) is 11.3 Å². The van der Waals surface area contributed by atoms with Crippen LogP contribution in [0.4, 0.5) is 4.39 Å². The van der Waals surface area contributed by atoms with Crippen molar-refractivity contribution in [2.75, 3.05) is 0 Å². The Labute approximate surface area is 171 Å². The highest BCUT2D eigenvalue weighted by atomic mass is 19.1. The first-order valence-corrected chi connectivity index (χ1v) is 11.7. The highest BCUT2D eigenvalue weighted by Gasteiger charge is 2.60. The summed E-state index contributed by atoms with van der Waals surface area (Å²) in [5, 5.41) is 0. The first-order valence-electron chi connectivity index (χ1n) is 11.7. The molecular weight excluding hydrogens is 343 g/mol. The predicted octanol–water partition coefficient (Wildman–Crippen LogP) is 8.09. The van der Waals surface area contributed by atoms with E-state index in [1.165, 1.54) is 50.5 Å². The number of unbranched alkanes of at least 4 members (excludes halogenated alkanes) is 2. The van der Waals surface area contributed by atoms with Gasteiger partial charge in [-0.25, -0.2) is 4.39 Å². The maximum Gasteiger partial charge on any atom is 0.145 e. The van der Waals surface area contributed by atoms with Crippen molar-refractivity contribution in [1.29, 1.82) is 0 Å². The van der Waals surface area contributed by atoms with Gasteiger partial charge in [-0.1, -0.05) is 75.6 Å². The summed E-state index contributed by atoms with van der Waals surface area (Å²) in [5.41, 5.74) is 1.58. The zero-order valence-corrected chi connectivity index (χ0v) is 17.9. The Balaban J connectivity index is 1.57. The summed E-state index contributed by atoms with van der Waals surface area (Å²) in [5.74, 6) is -0.144. The molecule has 0 N–H and O–H groups in total. The molecule has 0 heterocycles. The van der Waals surface area contributed by atoms with Crippen LogP contribution in [0.3, 0.4) is 0 Å². The number of fused-ring (bicyclic) bond motifs is 3. The monoisotopic (exact) mass is 380 g/mol. The fourth-order valence-electron chi connectivity index (χ4n) is 6.40. The van der Waals surface area contributed by atoms with E-state index in [0.717, 1.165) is 31.2 Å². The molecular formula is C27H37F. The fraction of sp³-hybridized carbons (Fsp3) is 0.630. The van der Waals surface area contributed by atoms with E-state index in [1.807, 2.05) is 18.2 Å². The smallest absolute Gasteiger partial charge is 0.145 e. The van der Waals surface area contributed by atoms with Gasteiger partial charge in [0.1, 0.15) is 5.67 Å². The number of hydrogen-bond acceptors (Lipinski definition) is 0. The molecule has 0 amide bonds. The van der Waals surface area contributed by atoms with Crippen molar-refractivity contribution in [3.8, 4) is 0 Å². The van der Waals surface area contributed by atoms with Crippen LogP contribution in [0.25, 0.3) is 0 Å². The molecule has 0 aliphatic heterocycles. The summed E-state index contributed by atoms with van der Waals surface area (Å²) in [7, 11) is 0. The number of alkyl halides is 1. The number of hydrogen-bond donors (Lipinski definition) is 0. The SMILES string of the molecule is CCCCCC12CCC(C3(F)C=CC=CC3c3ccc(CC)cc3)(CC1)CC2. The summed E-state index contributed by atoms with van der Waals surface area (Å²) in [4.78, 5) is 0. The molecule has 0 aromatic heterocycles. The topological polar surface area (TPSA) is 0 Å². The molecule has 1 aromatic carbocycles. The molecule has 2 atom stereocenters. The molecule has 1 aromatic rings. The Morgan fingerprint density at radius 3 is 2.18 bits per heavy atom. The van der Waals surface area contributed by atoms with Crippen molar-refractivity contribution in [3.63, 3.8) is 0 Å². The molecule has 28 heavy (non-hydrogen) atoms. The van der Waals surface area contributed by atoms with Gasteiger partial charge in [-0.3, -0.25) is 0 Å². The molecule has 152 valence electrons. The lowest BCUT2D eigenvalue weighted by Crippen LogP contribution is -2.55. The lowest BCUT2D eigenvalue weighted by Gasteiger charge is -2.59. The third-order valence-electron chi connectivity index (χ3n) is 8.48. The van der Waals surface area contributed by atoms with Gasteiger partial charge in [0.25, 0.3) is 0 Å².